The smallest absolute Gasteiger partial charge is 0.323 e. The van der Waals surface area contributed by atoms with Gasteiger partial charge >= 0.3 is 5.97 Å². The Balaban J connectivity index is 0.000000389. The van der Waals surface area contributed by atoms with E-state index in [1.807, 2.05) is 48.5 Å². The Morgan fingerprint density at radius 3 is 2.32 bits per heavy atom. The van der Waals surface area contributed by atoms with Crippen LogP contribution in [0.3, 0.4) is 0 Å². The number of anilines is 1. The van der Waals surface area contributed by atoms with Crippen LogP contribution in [-0.4, -0.2) is 60.6 Å². The summed E-state index contributed by atoms with van der Waals surface area (Å²) in [7, 11) is 3.14. The third-order valence-electron chi connectivity index (χ3n) is 6.33. The van der Waals surface area contributed by atoms with E-state index >= 15 is 0 Å². The van der Waals surface area contributed by atoms with Crippen LogP contribution in [0.5, 0.6) is 0 Å². The van der Waals surface area contributed by atoms with E-state index in [0.717, 1.165) is 42.9 Å². The van der Waals surface area contributed by atoms with Crippen molar-refractivity contribution in [2.75, 3.05) is 38.2 Å². The van der Waals surface area contributed by atoms with Crippen molar-refractivity contribution < 1.29 is 14.3 Å². The van der Waals surface area contributed by atoms with Crippen molar-refractivity contribution in [3.8, 4) is 11.8 Å². The van der Waals surface area contributed by atoms with Crippen LogP contribution >= 0.6 is 12.1 Å². The monoisotopic (exact) mass is 575 g/mol. The number of piperazine rings is 1. The lowest BCUT2D eigenvalue weighted by atomic mass is 10.1. The largest absolute Gasteiger partial charge is 0.468 e. The molecule has 0 unspecified atom stereocenters. The molecule has 2 N–H and O–H groups in total. The fraction of sp³-hybridized carbons (Fsp3) is 0.323. The highest BCUT2D eigenvalue weighted by molar-refractivity contribution is 7.95. The molecule has 1 aliphatic rings. The SMILES string of the molecule is COC(=O)[C@@H](C)NSN1CCN(c2ccc(C#Cc3cc(C)c(=O)n(C)c3)cc2)CC1.O=CNCc1ccccc1. The lowest BCUT2D eigenvalue weighted by Gasteiger charge is -2.35. The maximum atomic E-state index is 11.8. The Hall–Kier alpha value is -4.04. The molecule has 0 aliphatic carbocycles. The second-order valence-corrected chi connectivity index (χ2v) is 10.4. The predicted octanol–water partition coefficient (Wildman–Crippen LogP) is 2.86. The number of aromatic nitrogens is 1. The van der Waals surface area contributed by atoms with E-state index in [1.54, 1.807) is 31.7 Å². The van der Waals surface area contributed by atoms with E-state index in [-0.39, 0.29) is 17.6 Å². The van der Waals surface area contributed by atoms with Gasteiger partial charge < -0.3 is 19.5 Å². The maximum absolute atomic E-state index is 11.8. The van der Waals surface area contributed by atoms with Gasteiger partial charge in [-0.15, -0.1) is 0 Å². The number of esters is 1. The summed E-state index contributed by atoms with van der Waals surface area (Å²) in [5.74, 6) is 6.05. The Labute approximate surface area is 246 Å². The first-order valence-corrected chi connectivity index (χ1v) is 14.1. The normalized spacial score (nSPS) is 13.6. The standard InChI is InChI=1S/C23H28N4O3S.C8H9NO/c1-17-15-20(16-25(3)22(17)28)6-5-19-7-9-21(10-8-19)26-11-13-27(14-12-26)31-24-18(2)23(29)30-4;10-7-9-6-8-4-2-1-3-5-8/h7-10,15-16,18,24H,11-14H2,1-4H3;1-5,7H,6H2,(H,9,10)/t18-;/m1./s1. The lowest BCUT2D eigenvalue weighted by Crippen LogP contribution is -2.45. The molecular weight excluding hydrogens is 538 g/mol. The molecule has 41 heavy (non-hydrogen) atoms. The summed E-state index contributed by atoms with van der Waals surface area (Å²) in [6, 6.07) is 19.5. The third-order valence-corrected chi connectivity index (χ3v) is 7.41. The lowest BCUT2D eigenvalue weighted by molar-refractivity contribution is -0.142. The van der Waals surface area contributed by atoms with Crippen LogP contribution < -0.4 is 20.5 Å². The maximum Gasteiger partial charge on any atom is 0.323 e. The van der Waals surface area contributed by atoms with Crippen LogP contribution in [0, 0.1) is 18.8 Å². The van der Waals surface area contributed by atoms with Gasteiger partial charge in [0, 0.05) is 80.5 Å². The number of amides is 1. The number of hydrogen-bond acceptors (Lipinski definition) is 8. The van der Waals surface area contributed by atoms with Gasteiger partial charge in [0.15, 0.2) is 0 Å². The average Bonchev–Trinajstić information content (AvgIpc) is 3.01. The summed E-state index contributed by atoms with van der Waals surface area (Å²) >= 11 is 1.47. The first kappa shape index (κ1) is 31.5. The summed E-state index contributed by atoms with van der Waals surface area (Å²) in [5, 5.41) is 2.58. The van der Waals surface area contributed by atoms with Gasteiger partial charge in [-0.05, 0) is 49.7 Å². The number of nitrogens with one attached hydrogen (secondary N) is 2. The minimum absolute atomic E-state index is 0.00200. The fourth-order valence-corrected chi connectivity index (χ4v) is 4.77. The molecule has 1 aliphatic heterocycles. The topological polar surface area (TPSA) is 95.9 Å². The number of methoxy groups -OCH3 is 1. The summed E-state index contributed by atoms with van der Waals surface area (Å²) in [4.78, 5) is 35.5. The highest BCUT2D eigenvalue weighted by Gasteiger charge is 2.20. The van der Waals surface area contributed by atoms with Crippen LogP contribution in [0.1, 0.15) is 29.2 Å². The van der Waals surface area contributed by atoms with Gasteiger partial charge in [0.05, 0.1) is 7.11 Å². The molecule has 0 saturated carbocycles. The molecule has 216 valence electrons. The zero-order chi connectivity index (χ0) is 29.6. The third kappa shape index (κ3) is 10.1. The van der Waals surface area contributed by atoms with Crippen molar-refractivity contribution in [3.63, 3.8) is 0 Å². The zero-order valence-corrected chi connectivity index (χ0v) is 24.7. The number of pyridine rings is 1. The number of carbonyl (C=O) groups is 2. The van der Waals surface area contributed by atoms with Gasteiger partial charge in [0.25, 0.3) is 5.56 Å². The van der Waals surface area contributed by atoms with Gasteiger partial charge in [-0.3, -0.25) is 14.4 Å². The zero-order valence-electron chi connectivity index (χ0n) is 23.9. The number of rotatable bonds is 8. The van der Waals surface area contributed by atoms with Crippen molar-refractivity contribution >= 4 is 30.2 Å². The Kier molecular flexibility index (Phi) is 12.5. The number of hydrogen-bond donors (Lipinski definition) is 2. The molecule has 4 rings (SSSR count). The summed E-state index contributed by atoms with van der Waals surface area (Å²) < 4.78 is 11.6. The first-order chi connectivity index (χ1) is 19.8. The van der Waals surface area contributed by atoms with Gasteiger partial charge in [0.2, 0.25) is 6.41 Å². The molecule has 1 aromatic heterocycles. The molecule has 0 spiro atoms. The molecule has 1 atom stereocenters. The first-order valence-electron chi connectivity index (χ1n) is 13.3. The van der Waals surface area contributed by atoms with Crippen molar-refractivity contribution in [2.45, 2.75) is 26.4 Å². The van der Waals surface area contributed by atoms with Gasteiger partial charge in [-0.1, -0.05) is 42.2 Å². The second-order valence-electron chi connectivity index (χ2n) is 9.48. The minimum Gasteiger partial charge on any atom is -0.468 e. The summed E-state index contributed by atoms with van der Waals surface area (Å²) in [6.45, 7) is 7.80. The van der Waals surface area contributed by atoms with Crippen LogP contribution in [0.2, 0.25) is 0 Å². The Bertz CT molecular complexity index is 1370. The molecule has 2 aromatic carbocycles. The van der Waals surface area contributed by atoms with Crippen molar-refractivity contribution in [2.24, 2.45) is 7.05 Å². The fourth-order valence-electron chi connectivity index (χ4n) is 4.02. The van der Waals surface area contributed by atoms with E-state index < -0.39 is 0 Å². The number of ether oxygens (including phenoxy) is 1. The van der Waals surface area contributed by atoms with E-state index in [2.05, 4.69) is 43.2 Å². The highest BCUT2D eigenvalue weighted by Crippen LogP contribution is 2.19. The Morgan fingerprint density at radius 2 is 1.71 bits per heavy atom. The summed E-state index contributed by atoms with van der Waals surface area (Å²) in [6.07, 6.45) is 2.46. The number of carbonyl (C=O) groups excluding carboxylic acids is 2. The van der Waals surface area contributed by atoms with Crippen LogP contribution in [0.15, 0.2) is 71.7 Å². The molecule has 0 bridgehead atoms. The van der Waals surface area contributed by atoms with Crippen molar-refractivity contribution in [3.05, 3.63) is 99.5 Å². The summed E-state index contributed by atoms with van der Waals surface area (Å²) in [5.41, 5.74) is 4.75. The number of benzene rings is 2. The van der Waals surface area contributed by atoms with Gasteiger partial charge in [0.1, 0.15) is 6.04 Å². The van der Waals surface area contributed by atoms with Crippen LogP contribution in [0.25, 0.3) is 0 Å². The minimum atomic E-state index is -0.341. The highest BCUT2D eigenvalue weighted by atomic mass is 32.2. The van der Waals surface area contributed by atoms with Crippen molar-refractivity contribution in [1.29, 1.82) is 0 Å². The van der Waals surface area contributed by atoms with Crippen LogP contribution in [-0.2, 0) is 27.9 Å². The molecule has 2 heterocycles. The molecule has 10 heteroatoms. The van der Waals surface area contributed by atoms with E-state index in [0.29, 0.717) is 18.5 Å². The number of nitrogens with zero attached hydrogens (tertiary/aromatic N) is 3. The molecule has 9 nitrogen and oxygen atoms in total. The van der Waals surface area contributed by atoms with E-state index in [9.17, 15) is 14.4 Å². The molecule has 1 amide bonds. The quantitative estimate of drug-likeness (QED) is 0.183. The van der Waals surface area contributed by atoms with Gasteiger partial charge in [-0.25, -0.2) is 9.03 Å². The predicted molar refractivity (Wildman–Crippen MR) is 164 cm³/mol. The molecule has 0 radical (unpaired) electrons. The Morgan fingerprint density at radius 1 is 1.05 bits per heavy atom. The average molecular weight is 576 g/mol. The molecule has 1 fully saturated rings. The van der Waals surface area contributed by atoms with Gasteiger partial charge in [-0.2, -0.15) is 0 Å². The van der Waals surface area contributed by atoms with Crippen molar-refractivity contribution in [1.82, 2.24) is 18.9 Å². The molecular formula is C31H37N5O4S. The molecule has 1 saturated heterocycles. The second kappa shape index (κ2) is 16.3. The van der Waals surface area contributed by atoms with Crippen LogP contribution in [0.4, 0.5) is 5.69 Å². The van der Waals surface area contributed by atoms with E-state index in [1.165, 1.54) is 24.9 Å². The molecule has 3 aromatic rings. The van der Waals surface area contributed by atoms with E-state index in [4.69, 9.17) is 4.74 Å². The number of aryl methyl sites for hydroxylation is 2.